The zero-order chi connectivity index (χ0) is 17.4. The van der Waals surface area contributed by atoms with E-state index in [9.17, 15) is 0 Å². The Hall–Kier alpha value is -1.89. The molecule has 0 unspecified atom stereocenters. The van der Waals surface area contributed by atoms with Crippen LogP contribution in [0.4, 0.5) is 17.1 Å². The lowest BCUT2D eigenvalue weighted by Gasteiger charge is -2.02. The number of nitrogens with two attached hydrogens (primary N) is 3. The molecule has 24 heavy (non-hydrogen) atoms. The topological polar surface area (TPSA) is 78.1 Å². The second kappa shape index (κ2) is 9.42. The SMILES string of the molecule is Nc1ccc(S)cc1.Nc1ccc(SSc2ccc(N)cc2)cc1. The van der Waals surface area contributed by atoms with Crippen molar-refractivity contribution in [1.29, 1.82) is 0 Å². The van der Waals surface area contributed by atoms with Gasteiger partial charge >= 0.3 is 0 Å². The van der Waals surface area contributed by atoms with Crippen molar-refractivity contribution in [3.05, 3.63) is 72.8 Å². The first-order valence-electron chi connectivity index (χ1n) is 7.13. The minimum absolute atomic E-state index is 0.780. The van der Waals surface area contributed by atoms with E-state index in [0.29, 0.717) is 0 Å². The van der Waals surface area contributed by atoms with E-state index >= 15 is 0 Å². The molecule has 0 saturated heterocycles. The minimum atomic E-state index is 0.780. The van der Waals surface area contributed by atoms with E-state index in [-0.39, 0.29) is 0 Å². The largest absolute Gasteiger partial charge is 0.399 e. The van der Waals surface area contributed by atoms with Gasteiger partial charge in [-0.25, -0.2) is 0 Å². The summed E-state index contributed by atoms with van der Waals surface area (Å²) in [5.41, 5.74) is 19.0. The summed E-state index contributed by atoms with van der Waals surface area (Å²) in [5, 5.41) is 0. The van der Waals surface area contributed by atoms with E-state index in [4.69, 9.17) is 17.2 Å². The first-order chi connectivity index (χ1) is 11.5. The fourth-order valence-corrected chi connectivity index (χ4v) is 3.70. The zero-order valence-corrected chi connectivity index (χ0v) is 15.5. The van der Waals surface area contributed by atoms with Crippen molar-refractivity contribution in [2.45, 2.75) is 14.7 Å². The number of hydrogen-bond donors (Lipinski definition) is 4. The van der Waals surface area contributed by atoms with Gasteiger partial charge in [0, 0.05) is 31.7 Å². The summed E-state index contributed by atoms with van der Waals surface area (Å²) in [6.07, 6.45) is 0. The average molecular weight is 374 g/mol. The van der Waals surface area contributed by atoms with Crippen LogP contribution in [0.3, 0.4) is 0 Å². The Morgan fingerprint density at radius 1 is 0.500 bits per heavy atom. The summed E-state index contributed by atoms with van der Waals surface area (Å²) in [6.45, 7) is 0. The first kappa shape index (κ1) is 18.4. The van der Waals surface area contributed by atoms with Crippen molar-refractivity contribution in [3.8, 4) is 0 Å². The predicted molar refractivity (Wildman–Crippen MR) is 112 cm³/mol. The molecule has 0 bridgehead atoms. The van der Waals surface area contributed by atoms with E-state index in [2.05, 4.69) is 12.6 Å². The van der Waals surface area contributed by atoms with Gasteiger partial charge in [0.2, 0.25) is 0 Å². The van der Waals surface area contributed by atoms with E-state index in [1.54, 1.807) is 21.6 Å². The van der Waals surface area contributed by atoms with Gasteiger partial charge < -0.3 is 17.2 Å². The molecular formula is C18H19N3S3. The molecule has 6 N–H and O–H groups in total. The van der Waals surface area contributed by atoms with Crippen LogP contribution < -0.4 is 17.2 Å². The maximum absolute atomic E-state index is 5.62. The van der Waals surface area contributed by atoms with Crippen molar-refractivity contribution in [3.63, 3.8) is 0 Å². The molecule has 0 spiro atoms. The number of rotatable bonds is 3. The highest BCUT2D eigenvalue weighted by atomic mass is 33.1. The van der Waals surface area contributed by atoms with Gasteiger partial charge in [-0.15, -0.1) is 12.6 Å². The van der Waals surface area contributed by atoms with Gasteiger partial charge in [-0.2, -0.15) is 0 Å². The third kappa shape index (κ3) is 6.70. The number of benzene rings is 3. The summed E-state index contributed by atoms with van der Waals surface area (Å²) < 4.78 is 0. The molecule has 3 aromatic carbocycles. The molecule has 0 atom stereocenters. The second-order valence-electron chi connectivity index (χ2n) is 4.90. The Morgan fingerprint density at radius 3 is 1.08 bits per heavy atom. The van der Waals surface area contributed by atoms with Crippen LogP contribution in [0.1, 0.15) is 0 Å². The number of hydrogen-bond acceptors (Lipinski definition) is 6. The van der Waals surface area contributed by atoms with Crippen LogP contribution in [0.5, 0.6) is 0 Å². The lowest BCUT2D eigenvalue weighted by Crippen LogP contribution is -1.82. The molecule has 0 saturated carbocycles. The summed E-state index contributed by atoms with van der Waals surface area (Å²) in [5.74, 6) is 0. The van der Waals surface area contributed by atoms with Gasteiger partial charge in [-0.3, -0.25) is 0 Å². The van der Waals surface area contributed by atoms with Crippen molar-refractivity contribution in [2.24, 2.45) is 0 Å². The molecule has 0 amide bonds. The molecule has 0 aromatic heterocycles. The van der Waals surface area contributed by atoms with Crippen molar-refractivity contribution < 1.29 is 0 Å². The van der Waals surface area contributed by atoms with Crippen LogP contribution >= 0.6 is 34.2 Å². The molecule has 124 valence electrons. The Kier molecular flexibility index (Phi) is 7.24. The van der Waals surface area contributed by atoms with Crippen LogP contribution in [0.2, 0.25) is 0 Å². The van der Waals surface area contributed by atoms with Crippen molar-refractivity contribution in [1.82, 2.24) is 0 Å². The number of anilines is 3. The fraction of sp³-hybridized carbons (Fsp3) is 0. The highest BCUT2D eigenvalue weighted by Gasteiger charge is 1.97. The number of thiol groups is 1. The number of nitrogen functional groups attached to an aromatic ring is 3. The van der Waals surface area contributed by atoms with Gasteiger partial charge in [0.25, 0.3) is 0 Å². The lowest BCUT2D eigenvalue weighted by molar-refractivity contribution is 1.47. The Balaban J connectivity index is 0.000000219. The fourth-order valence-electron chi connectivity index (χ4n) is 1.62. The van der Waals surface area contributed by atoms with E-state index < -0.39 is 0 Å². The Labute approximate surface area is 155 Å². The van der Waals surface area contributed by atoms with Crippen LogP contribution in [-0.4, -0.2) is 0 Å². The Morgan fingerprint density at radius 2 is 0.792 bits per heavy atom. The van der Waals surface area contributed by atoms with Gasteiger partial charge in [-0.05, 0) is 72.8 Å². The summed E-state index contributed by atoms with van der Waals surface area (Å²) in [4.78, 5) is 3.33. The average Bonchev–Trinajstić information content (AvgIpc) is 2.59. The molecule has 0 aliphatic heterocycles. The van der Waals surface area contributed by atoms with Crippen LogP contribution in [0, 0.1) is 0 Å². The van der Waals surface area contributed by atoms with Crippen LogP contribution in [0.25, 0.3) is 0 Å². The van der Waals surface area contributed by atoms with E-state index in [1.165, 1.54) is 9.79 Å². The minimum Gasteiger partial charge on any atom is -0.399 e. The maximum atomic E-state index is 5.62. The monoisotopic (exact) mass is 373 g/mol. The molecule has 6 heteroatoms. The first-order valence-corrected chi connectivity index (χ1v) is 9.73. The van der Waals surface area contributed by atoms with Gasteiger partial charge in [0.15, 0.2) is 0 Å². The summed E-state index contributed by atoms with van der Waals surface area (Å²) >= 11 is 4.08. The molecule has 0 radical (unpaired) electrons. The molecule has 3 nitrogen and oxygen atoms in total. The summed E-state index contributed by atoms with van der Waals surface area (Å²) in [7, 11) is 3.42. The lowest BCUT2D eigenvalue weighted by atomic mass is 10.3. The summed E-state index contributed by atoms with van der Waals surface area (Å²) in [6, 6.07) is 23.1. The van der Waals surface area contributed by atoms with E-state index in [0.717, 1.165) is 22.0 Å². The van der Waals surface area contributed by atoms with Crippen molar-refractivity contribution >= 4 is 51.3 Å². The highest BCUT2D eigenvalue weighted by Crippen LogP contribution is 2.37. The van der Waals surface area contributed by atoms with Gasteiger partial charge in [0.05, 0.1) is 0 Å². The second-order valence-corrected chi connectivity index (χ2v) is 7.69. The van der Waals surface area contributed by atoms with Gasteiger partial charge in [0.1, 0.15) is 0 Å². The van der Waals surface area contributed by atoms with Crippen LogP contribution in [0.15, 0.2) is 87.5 Å². The maximum Gasteiger partial charge on any atom is 0.0314 e. The highest BCUT2D eigenvalue weighted by molar-refractivity contribution is 8.76. The molecule has 3 aromatic rings. The zero-order valence-electron chi connectivity index (χ0n) is 12.9. The molecule has 0 heterocycles. The van der Waals surface area contributed by atoms with Gasteiger partial charge in [-0.1, -0.05) is 21.6 Å². The third-order valence-corrected chi connectivity index (χ3v) is 5.60. The standard InChI is InChI=1S/C12H12N2S2.C6H7NS/c13-9-1-5-11(6-2-9)15-16-12-7-3-10(14)4-8-12;7-5-1-3-6(8)4-2-5/h1-8H,13-14H2;1-4,8H,7H2. The van der Waals surface area contributed by atoms with E-state index in [1.807, 2.05) is 72.8 Å². The molecule has 0 aliphatic carbocycles. The normalized spacial score (nSPS) is 9.88. The third-order valence-electron chi connectivity index (χ3n) is 2.89. The van der Waals surface area contributed by atoms with Crippen LogP contribution in [-0.2, 0) is 0 Å². The predicted octanol–water partition coefficient (Wildman–Crippen LogP) is 5.21. The molecule has 0 aliphatic rings. The van der Waals surface area contributed by atoms with Crippen molar-refractivity contribution in [2.75, 3.05) is 17.2 Å². The molecular weight excluding hydrogens is 354 g/mol. The molecule has 3 rings (SSSR count). The smallest absolute Gasteiger partial charge is 0.0314 e. The quantitative estimate of drug-likeness (QED) is 0.288. The molecule has 0 fully saturated rings. The Bertz CT molecular complexity index is 675.